The largest absolute Gasteiger partial charge is 0.381 e. The van der Waals surface area contributed by atoms with Crippen LogP contribution in [-0.2, 0) is 14.8 Å². The molecule has 0 spiro atoms. The summed E-state index contributed by atoms with van der Waals surface area (Å²) in [6.45, 7) is 0.767. The Bertz CT molecular complexity index is 747. The zero-order valence-corrected chi connectivity index (χ0v) is 17.1. The predicted molar refractivity (Wildman–Crippen MR) is 105 cm³/mol. The van der Waals surface area contributed by atoms with Crippen molar-refractivity contribution >= 4 is 28.1 Å². The number of hydrogen-bond donors (Lipinski definition) is 1. The Morgan fingerprint density at radius 3 is 2.54 bits per heavy atom. The molecular formula is C19H29ClN2O3S. The molecule has 5 nitrogen and oxygen atoms in total. The third kappa shape index (κ3) is 3.37. The second kappa shape index (κ2) is 7.66. The monoisotopic (exact) mass is 400 g/mol. The molecule has 2 aliphatic heterocycles. The first-order valence-electron chi connectivity index (χ1n) is 9.43. The van der Waals surface area contributed by atoms with Gasteiger partial charge in [-0.1, -0.05) is 12.8 Å². The summed E-state index contributed by atoms with van der Waals surface area (Å²) in [7, 11) is -0.282. The van der Waals surface area contributed by atoms with Gasteiger partial charge in [-0.3, -0.25) is 0 Å². The first-order valence-corrected chi connectivity index (χ1v) is 10.9. The molecule has 0 aromatic heterocycles. The van der Waals surface area contributed by atoms with Crippen molar-refractivity contribution in [2.75, 3.05) is 26.0 Å². The summed E-state index contributed by atoms with van der Waals surface area (Å²) < 4.78 is 32.5. The summed E-state index contributed by atoms with van der Waals surface area (Å²) in [6, 6.07) is 5.93. The quantitative estimate of drug-likeness (QED) is 0.838. The molecule has 0 unspecified atom stereocenters. The van der Waals surface area contributed by atoms with Crippen molar-refractivity contribution in [3.8, 4) is 0 Å². The van der Waals surface area contributed by atoms with Gasteiger partial charge in [0, 0.05) is 43.9 Å². The van der Waals surface area contributed by atoms with Gasteiger partial charge in [0.05, 0.1) is 11.0 Å². The van der Waals surface area contributed by atoms with E-state index in [-0.39, 0.29) is 18.5 Å². The maximum absolute atomic E-state index is 12.5. The van der Waals surface area contributed by atoms with Crippen LogP contribution in [0.2, 0.25) is 0 Å². The highest BCUT2D eigenvalue weighted by molar-refractivity contribution is 7.89. The Balaban J connectivity index is 0.00000196. The fourth-order valence-corrected chi connectivity index (χ4v) is 5.78. The number of fused-ring (bicyclic) bond motifs is 3. The van der Waals surface area contributed by atoms with Gasteiger partial charge in [0.25, 0.3) is 0 Å². The Hall–Kier alpha value is -0.820. The Labute approximate surface area is 162 Å². The summed E-state index contributed by atoms with van der Waals surface area (Å²) in [5.74, 6) is 1.16. The molecule has 1 saturated heterocycles. The summed E-state index contributed by atoms with van der Waals surface area (Å²) >= 11 is 0. The molecular weight excluding hydrogens is 372 g/mol. The highest BCUT2D eigenvalue weighted by atomic mass is 35.5. The normalized spacial score (nSPS) is 28.8. The van der Waals surface area contributed by atoms with Crippen molar-refractivity contribution in [1.82, 2.24) is 4.31 Å². The maximum Gasteiger partial charge on any atom is 0.242 e. The summed E-state index contributed by atoms with van der Waals surface area (Å²) in [6.07, 6.45) is 7.52. The molecule has 2 fully saturated rings. The maximum atomic E-state index is 12.5. The molecule has 0 radical (unpaired) electrons. The molecule has 1 aromatic carbocycles. The highest BCUT2D eigenvalue weighted by Crippen LogP contribution is 2.48. The highest BCUT2D eigenvalue weighted by Gasteiger charge is 2.43. The average Bonchev–Trinajstić information content (AvgIpc) is 3.15. The zero-order valence-electron chi connectivity index (χ0n) is 15.5. The first kappa shape index (κ1) is 19.9. The van der Waals surface area contributed by atoms with E-state index in [1.165, 1.54) is 30.0 Å². The van der Waals surface area contributed by atoms with Crippen LogP contribution in [0.1, 0.15) is 50.2 Å². The first-order chi connectivity index (χ1) is 12.0. The van der Waals surface area contributed by atoms with E-state index in [1.807, 2.05) is 12.1 Å². The minimum absolute atomic E-state index is 0. The third-order valence-corrected chi connectivity index (χ3v) is 7.98. The van der Waals surface area contributed by atoms with Gasteiger partial charge >= 0.3 is 0 Å². The minimum atomic E-state index is -3.43. The van der Waals surface area contributed by atoms with Crippen LogP contribution in [0.15, 0.2) is 23.1 Å². The van der Waals surface area contributed by atoms with E-state index in [0.29, 0.717) is 22.8 Å². The molecule has 1 aliphatic carbocycles. The van der Waals surface area contributed by atoms with Crippen LogP contribution in [0, 0.1) is 11.8 Å². The van der Waals surface area contributed by atoms with Crippen LogP contribution in [0.25, 0.3) is 0 Å². The molecule has 3 atom stereocenters. The summed E-state index contributed by atoms with van der Waals surface area (Å²) in [5, 5.41) is 3.76. The van der Waals surface area contributed by atoms with Crippen LogP contribution in [0.5, 0.6) is 0 Å². The summed E-state index contributed by atoms with van der Waals surface area (Å²) in [4.78, 5) is 0.352. The van der Waals surface area contributed by atoms with Crippen molar-refractivity contribution in [2.24, 2.45) is 11.8 Å². The van der Waals surface area contributed by atoms with E-state index in [2.05, 4.69) is 5.32 Å². The predicted octanol–water partition coefficient (Wildman–Crippen LogP) is 3.81. The molecule has 1 aromatic rings. The topological polar surface area (TPSA) is 58.6 Å². The van der Waals surface area contributed by atoms with Crippen molar-refractivity contribution in [3.63, 3.8) is 0 Å². The van der Waals surface area contributed by atoms with E-state index in [9.17, 15) is 8.42 Å². The van der Waals surface area contributed by atoms with Crippen LogP contribution >= 0.6 is 12.4 Å². The molecule has 3 aliphatic rings. The lowest BCUT2D eigenvalue weighted by molar-refractivity contribution is -0.0438. The average molecular weight is 401 g/mol. The van der Waals surface area contributed by atoms with Crippen LogP contribution in [0.4, 0.5) is 5.69 Å². The van der Waals surface area contributed by atoms with E-state index in [0.717, 1.165) is 30.7 Å². The number of ether oxygens (including phenoxy) is 1. The Morgan fingerprint density at radius 2 is 1.85 bits per heavy atom. The Kier molecular flexibility index (Phi) is 5.87. The van der Waals surface area contributed by atoms with Gasteiger partial charge in [0.1, 0.15) is 0 Å². The second-order valence-corrected chi connectivity index (χ2v) is 10.0. The van der Waals surface area contributed by atoms with Gasteiger partial charge in [0.2, 0.25) is 10.0 Å². The fourth-order valence-electron chi connectivity index (χ4n) is 4.84. The molecule has 0 amide bonds. The molecule has 0 bridgehead atoms. The van der Waals surface area contributed by atoms with Crippen molar-refractivity contribution < 1.29 is 13.2 Å². The van der Waals surface area contributed by atoms with Gasteiger partial charge < -0.3 is 10.1 Å². The molecule has 4 rings (SSSR count). The number of benzene rings is 1. The number of hydrogen-bond acceptors (Lipinski definition) is 4. The van der Waals surface area contributed by atoms with Crippen molar-refractivity contribution in [2.45, 2.75) is 55.6 Å². The molecule has 1 saturated carbocycles. The third-order valence-electron chi connectivity index (χ3n) is 6.17. The SMILES string of the molecule is CN(C)S(=O)(=O)c1ccc2c(c1)[C@H]1OCCC[C@H]1[C@@H](C1CCCC1)N2.Cl. The number of nitrogens with zero attached hydrogens (tertiary/aromatic N) is 1. The number of rotatable bonds is 3. The lowest BCUT2D eigenvalue weighted by Gasteiger charge is -2.45. The van der Waals surface area contributed by atoms with Gasteiger partial charge in [-0.15, -0.1) is 12.4 Å². The Morgan fingerprint density at radius 1 is 1.12 bits per heavy atom. The van der Waals surface area contributed by atoms with E-state index < -0.39 is 10.0 Å². The van der Waals surface area contributed by atoms with Crippen molar-refractivity contribution in [1.29, 1.82) is 0 Å². The molecule has 146 valence electrons. The molecule has 1 N–H and O–H groups in total. The number of halogens is 1. The number of nitrogens with one attached hydrogen (secondary N) is 1. The molecule has 7 heteroatoms. The fraction of sp³-hybridized carbons (Fsp3) is 0.684. The van der Waals surface area contributed by atoms with Crippen LogP contribution in [-0.4, -0.2) is 39.5 Å². The van der Waals surface area contributed by atoms with Crippen LogP contribution < -0.4 is 5.32 Å². The number of anilines is 1. The zero-order chi connectivity index (χ0) is 17.6. The summed E-state index contributed by atoms with van der Waals surface area (Å²) in [5.41, 5.74) is 2.07. The van der Waals surface area contributed by atoms with Crippen molar-refractivity contribution in [3.05, 3.63) is 23.8 Å². The van der Waals surface area contributed by atoms with Crippen LogP contribution in [0.3, 0.4) is 0 Å². The standard InChI is InChI=1S/C19H28N2O3S.ClH/c1-21(2)25(22,23)14-9-10-17-16(12-14)19-15(8-5-11-24-19)18(20-17)13-6-3-4-7-13;/h9-10,12-13,15,18-20H,3-8,11H2,1-2H3;1H/t15-,18+,19-;/m0./s1. The van der Waals surface area contributed by atoms with Gasteiger partial charge in [-0.05, 0) is 49.8 Å². The lowest BCUT2D eigenvalue weighted by atomic mass is 9.75. The van der Waals surface area contributed by atoms with Gasteiger partial charge in [0.15, 0.2) is 0 Å². The smallest absolute Gasteiger partial charge is 0.242 e. The van der Waals surface area contributed by atoms with Gasteiger partial charge in [-0.25, -0.2) is 12.7 Å². The molecule has 26 heavy (non-hydrogen) atoms. The lowest BCUT2D eigenvalue weighted by Crippen LogP contribution is -2.45. The molecule has 2 heterocycles. The second-order valence-electron chi connectivity index (χ2n) is 7.85. The van der Waals surface area contributed by atoms with E-state index >= 15 is 0 Å². The van der Waals surface area contributed by atoms with E-state index in [4.69, 9.17) is 4.74 Å². The van der Waals surface area contributed by atoms with E-state index in [1.54, 1.807) is 20.2 Å². The van der Waals surface area contributed by atoms with Gasteiger partial charge in [-0.2, -0.15) is 0 Å². The number of sulfonamides is 1. The minimum Gasteiger partial charge on any atom is -0.381 e.